The summed E-state index contributed by atoms with van der Waals surface area (Å²) < 4.78 is 13.9. The Morgan fingerprint density at radius 1 is 1.38 bits per heavy atom. The fourth-order valence-electron chi connectivity index (χ4n) is 1.73. The van der Waals surface area contributed by atoms with Gasteiger partial charge in [-0.3, -0.25) is 4.79 Å². The standard InChI is InChI=1S/C16H14FN3O/c1-11-4-2-6-15(19-11)20-16(21)13-8-7-12(5-3-9-18)10-14(13)17/h2,4,6-8,10H,9,18H2,1H3,(H,19,20,21). The highest BCUT2D eigenvalue weighted by Gasteiger charge is 2.12. The number of carbonyl (C=O) groups is 1. The minimum Gasteiger partial charge on any atom is -0.320 e. The zero-order chi connectivity index (χ0) is 15.2. The second kappa shape index (κ2) is 6.64. The Labute approximate surface area is 122 Å². The van der Waals surface area contributed by atoms with Crippen LogP contribution in [-0.4, -0.2) is 17.4 Å². The number of halogens is 1. The van der Waals surface area contributed by atoms with Crippen LogP contribution in [-0.2, 0) is 0 Å². The molecule has 1 aromatic carbocycles. The lowest BCUT2D eigenvalue weighted by molar-refractivity contribution is 0.102. The molecule has 0 aliphatic carbocycles. The van der Waals surface area contributed by atoms with Crippen molar-refractivity contribution in [2.75, 3.05) is 11.9 Å². The first-order valence-electron chi connectivity index (χ1n) is 6.33. The van der Waals surface area contributed by atoms with E-state index >= 15 is 0 Å². The van der Waals surface area contributed by atoms with Crippen LogP contribution >= 0.6 is 0 Å². The summed E-state index contributed by atoms with van der Waals surface area (Å²) in [6.07, 6.45) is 0. The molecule has 0 fully saturated rings. The molecule has 0 aliphatic rings. The Kier molecular flexibility index (Phi) is 4.64. The van der Waals surface area contributed by atoms with E-state index in [-0.39, 0.29) is 12.1 Å². The molecule has 2 aromatic rings. The van der Waals surface area contributed by atoms with Gasteiger partial charge in [-0.15, -0.1) is 0 Å². The Morgan fingerprint density at radius 2 is 2.19 bits per heavy atom. The number of nitrogens with two attached hydrogens (primary N) is 1. The SMILES string of the molecule is Cc1cccc(NC(=O)c2ccc(C#CCN)cc2F)n1. The molecule has 21 heavy (non-hydrogen) atoms. The smallest absolute Gasteiger partial charge is 0.259 e. The average Bonchev–Trinajstić information content (AvgIpc) is 2.45. The average molecular weight is 283 g/mol. The number of nitrogens with one attached hydrogen (secondary N) is 1. The predicted molar refractivity (Wildman–Crippen MR) is 79.3 cm³/mol. The van der Waals surface area contributed by atoms with Crippen molar-refractivity contribution in [3.8, 4) is 11.8 Å². The molecule has 0 atom stereocenters. The number of nitrogens with zero attached hydrogens (tertiary/aromatic N) is 1. The van der Waals surface area contributed by atoms with Gasteiger partial charge in [-0.05, 0) is 37.3 Å². The molecule has 1 aromatic heterocycles. The summed E-state index contributed by atoms with van der Waals surface area (Å²) in [5.74, 6) is 4.53. The van der Waals surface area contributed by atoms with Gasteiger partial charge in [-0.25, -0.2) is 9.37 Å². The third-order valence-electron chi connectivity index (χ3n) is 2.68. The molecule has 0 spiro atoms. The highest BCUT2D eigenvalue weighted by atomic mass is 19.1. The van der Waals surface area contributed by atoms with Crippen molar-refractivity contribution in [2.24, 2.45) is 5.73 Å². The van der Waals surface area contributed by atoms with Crippen molar-refractivity contribution in [1.82, 2.24) is 4.98 Å². The summed E-state index contributed by atoms with van der Waals surface area (Å²) in [5.41, 5.74) is 6.43. The van der Waals surface area contributed by atoms with Crippen molar-refractivity contribution in [1.29, 1.82) is 0 Å². The van der Waals surface area contributed by atoms with Crippen LogP contribution in [0.1, 0.15) is 21.6 Å². The van der Waals surface area contributed by atoms with Gasteiger partial charge >= 0.3 is 0 Å². The summed E-state index contributed by atoms with van der Waals surface area (Å²) in [6, 6.07) is 9.39. The lowest BCUT2D eigenvalue weighted by Crippen LogP contribution is -2.15. The van der Waals surface area contributed by atoms with E-state index in [2.05, 4.69) is 22.1 Å². The van der Waals surface area contributed by atoms with Gasteiger partial charge in [0.25, 0.3) is 5.91 Å². The number of benzene rings is 1. The minimum absolute atomic E-state index is 0.0587. The predicted octanol–water partition coefficient (Wildman–Crippen LogP) is 2.09. The van der Waals surface area contributed by atoms with E-state index in [0.717, 1.165) is 5.69 Å². The Bertz CT molecular complexity index is 732. The van der Waals surface area contributed by atoms with Crippen molar-refractivity contribution in [3.05, 3.63) is 59.0 Å². The Hall–Kier alpha value is -2.71. The van der Waals surface area contributed by atoms with Crippen LogP contribution in [0.15, 0.2) is 36.4 Å². The van der Waals surface area contributed by atoms with Gasteiger partial charge in [0.15, 0.2) is 0 Å². The molecular formula is C16H14FN3O. The third-order valence-corrected chi connectivity index (χ3v) is 2.68. The quantitative estimate of drug-likeness (QED) is 0.829. The van der Waals surface area contributed by atoms with E-state index in [1.54, 1.807) is 31.2 Å². The van der Waals surface area contributed by atoms with Crippen LogP contribution in [0.5, 0.6) is 0 Å². The van der Waals surface area contributed by atoms with Gasteiger partial charge in [0.2, 0.25) is 0 Å². The topological polar surface area (TPSA) is 68.0 Å². The van der Waals surface area contributed by atoms with E-state index in [4.69, 9.17) is 5.73 Å². The minimum atomic E-state index is -0.635. The molecule has 0 saturated carbocycles. The molecule has 0 saturated heterocycles. The van der Waals surface area contributed by atoms with Crippen LogP contribution < -0.4 is 11.1 Å². The number of carbonyl (C=O) groups excluding carboxylic acids is 1. The highest BCUT2D eigenvalue weighted by molar-refractivity contribution is 6.04. The first-order chi connectivity index (χ1) is 10.1. The van der Waals surface area contributed by atoms with E-state index < -0.39 is 11.7 Å². The lowest BCUT2D eigenvalue weighted by atomic mass is 10.1. The summed E-state index contributed by atoms with van der Waals surface area (Å²) in [6.45, 7) is 2.00. The second-order valence-electron chi connectivity index (χ2n) is 4.32. The van der Waals surface area contributed by atoms with Gasteiger partial charge < -0.3 is 11.1 Å². The summed E-state index contributed by atoms with van der Waals surface area (Å²) in [4.78, 5) is 16.2. The zero-order valence-corrected chi connectivity index (χ0v) is 11.5. The fourth-order valence-corrected chi connectivity index (χ4v) is 1.73. The van der Waals surface area contributed by atoms with Gasteiger partial charge in [0.1, 0.15) is 11.6 Å². The van der Waals surface area contributed by atoms with Crippen LogP contribution in [0.4, 0.5) is 10.2 Å². The number of amides is 1. The maximum atomic E-state index is 13.9. The molecule has 5 heteroatoms. The molecule has 0 aliphatic heterocycles. The van der Waals surface area contributed by atoms with Crippen LogP contribution in [0.25, 0.3) is 0 Å². The van der Waals surface area contributed by atoms with E-state index in [0.29, 0.717) is 11.4 Å². The number of aromatic nitrogens is 1. The lowest BCUT2D eigenvalue weighted by Gasteiger charge is -2.06. The van der Waals surface area contributed by atoms with Gasteiger partial charge in [-0.1, -0.05) is 17.9 Å². The third kappa shape index (κ3) is 3.88. The maximum absolute atomic E-state index is 13.9. The fraction of sp³-hybridized carbons (Fsp3) is 0.125. The molecule has 1 heterocycles. The molecule has 3 N–H and O–H groups in total. The Morgan fingerprint density at radius 3 is 2.86 bits per heavy atom. The van der Waals surface area contributed by atoms with Gasteiger partial charge in [0.05, 0.1) is 12.1 Å². The molecular weight excluding hydrogens is 269 g/mol. The largest absolute Gasteiger partial charge is 0.320 e. The second-order valence-corrected chi connectivity index (χ2v) is 4.32. The van der Waals surface area contributed by atoms with E-state index in [1.807, 2.05) is 0 Å². The molecule has 106 valence electrons. The van der Waals surface area contributed by atoms with E-state index in [9.17, 15) is 9.18 Å². The number of hydrogen-bond acceptors (Lipinski definition) is 3. The monoisotopic (exact) mass is 283 g/mol. The maximum Gasteiger partial charge on any atom is 0.259 e. The molecule has 0 bridgehead atoms. The summed E-state index contributed by atoms with van der Waals surface area (Å²) in [5, 5.41) is 2.56. The number of aryl methyl sites for hydroxylation is 1. The molecule has 0 unspecified atom stereocenters. The first-order valence-corrected chi connectivity index (χ1v) is 6.33. The number of rotatable bonds is 2. The number of hydrogen-bond donors (Lipinski definition) is 2. The normalized spacial score (nSPS) is 9.67. The van der Waals surface area contributed by atoms with Crippen molar-refractivity contribution >= 4 is 11.7 Å². The number of pyridine rings is 1. The Balaban J connectivity index is 2.20. The van der Waals surface area contributed by atoms with Crippen LogP contribution in [0, 0.1) is 24.6 Å². The van der Waals surface area contributed by atoms with Crippen LogP contribution in [0.3, 0.4) is 0 Å². The van der Waals surface area contributed by atoms with Crippen molar-refractivity contribution < 1.29 is 9.18 Å². The van der Waals surface area contributed by atoms with Crippen molar-refractivity contribution in [2.45, 2.75) is 6.92 Å². The van der Waals surface area contributed by atoms with E-state index in [1.165, 1.54) is 12.1 Å². The van der Waals surface area contributed by atoms with Crippen LogP contribution in [0.2, 0.25) is 0 Å². The molecule has 4 nitrogen and oxygen atoms in total. The van der Waals surface area contributed by atoms with Gasteiger partial charge in [0, 0.05) is 11.3 Å². The summed E-state index contributed by atoms with van der Waals surface area (Å²) in [7, 11) is 0. The highest BCUT2D eigenvalue weighted by Crippen LogP contribution is 2.12. The zero-order valence-electron chi connectivity index (χ0n) is 11.5. The van der Waals surface area contributed by atoms with Crippen molar-refractivity contribution in [3.63, 3.8) is 0 Å². The molecule has 1 amide bonds. The molecule has 0 radical (unpaired) electrons. The van der Waals surface area contributed by atoms with Gasteiger partial charge in [-0.2, -0.15) is 0 Å². The number of anilines is 1. The summed E-state index contributed by atoms with van der Waals surface area (Å²) >= 11 is 0. The first kappa shape index (κ1) is 14.7. The molecule has 2 rings (SSSR count).